The SMILES string of the molecule is CCC(C)N(C)CCNC(=O)c1cc(N)c(C)c(F)c1. The largest absolute Gasteiger partial charge is 0.398 e. The lowest BCUT2D eigenvalue weighted by molar-refractivity contribution is 0.0947. The molecule has 0 saturated heterocycles. The molecule has 0 saturated carbocycles. The fourth-order valence-corrected chi connectivity index (χ4v) is 1.81. The highest BCUT2D eigenvalue weighted by atomic mass is 19.1. The summed E-state index contributed by atoms with van der Waals surface area (Å²) in [6, 6.07) is 3.20. The lowest BCUT2D eigenvalue weighted by Crippen LogP contribution is -2.37. The Hall–Kier alpha value is -1.62. The van der Waals surface area contributed by atoms with E-state index in [4.69, 9.17) is 5.73 Å². The molecule has 1 atom stereocenters. The molecule has 1 unspecified atom stereocenters. The molecule has 0 radical (unpaired) electrons. The van der Waals surface area contributed by atoms with E-state index < -0.39 is 5.82 Å². The van der Waals surface area contributed by atoms with Crippen LogP contribution in [0.15, 0.2) is 12.1 Å². The minimum absolute atomic E-state index is 0.261. The zero-order valence-electron chi connectivity index (χ0n) is 12.7. The molecule has 0 aliphatic heterocycles. The van der Waals surface area contributed by atoms with Crippen LogP contribution in [0.3, 0.4) is 0 Å². The Morgan fingerprint density at radius 2 is 2.15 bits per heavy atom. The number of nitrogen functional groups attached to an aromatic ring is 1. The Morgan fingerprint density at radius 1 is 1.50 bits per heavy atom. The van der Waals surface area contributed by atoms with Crippen molar-refractivity contribution in [3.05, 3.63) is 29.1 Å². The van der Waals surface area contributed by atoms with Gasteiger partial charge in [0.1, 0.15) is 5.82 Å². The molecule has 1 rings (SSSR count). The van der Waals surface area contributed by atoms with Crippen molar-refractivity contribution in [1.29, 1.82) is 0 Å². The van der Waals surface area contributed by atoms with Crippen LogP contribution in [0.1, 0.15) is 36.2 Å². The lowest BCUT2D eigenvalue weighted by Gasteiger charge is -2.23. The number of likely N-dealkylation sites (N-methyl/N-ethyl adjacent to an activating group) is 1. The Morgan fingerprint density at radius 3 is 2.70 bits per heavy atom. The molecule has 0 spiro atoms. The van der Waals surface area contributed by atoms with Crippen molar-refractivity contribution < 1.29 is 9.18 Å². The van der Waals surface area contributed by atoms with Gasteiger partial charge in [-0.25, -0.2) is 4.39 Å². The number of hydrogen-bond donors (Lipinski definition) is 2. The van der Waals surface area contributed by atoms with Gasteiger partial charge in [-0.05, 0) is 39.4 Å². The first kappa shape index (κ1) is 16.4. The van der Waals surface area contributed by atoms with Gasteiger partial charge in [-0.15, -0.1) is 0 Å². The second kappa shape index (κ2) is 7.24. The van der Waals surface area contributed by atoms with E-state index in [-0.39, 0.29) is 11.5 Å². The van der Waals surface area contributed by atoms with E-state index in [1.807, 2.05) is 7.05 Å². The minimum Gasteiger partial charge on any atom is -0.398 e. The van der Waals surface area contributed by atoms with Crippen LogP contribution in [0, 0.1) is 12.7 Å². The third-order valence-electron chi connectivity index (χ3n) is 3.74. The van der Waals surface area contributed by atoms with Crippen LogP contribution >= 0.6 is 0 Å². The summed E-state index contributed by atoms with van der Waals surface area (Å²) in [5.41, 5.74) is 6.60. The highest BCUT2D eigenvalue weighted by molar-refractivity contribution is 5.95. The zero-order chi connectivity index (χ0) is 15.3. The van der Waals surface area contributed by atoms with Gasteiger partial charge in [-0.1, -0.05) is 6.92 Å². The molecule has 0 aromatic heterocycles. The molecular weight excluding hydrogens is 257 g/mol. The van der Waals surface area contributed by atoms with E-state index in [9.17, 15) is 9.18 Å². The van der Waals surface area contributed by atoms with Gasteiger partial charge in [0.2, 0.25) is 0 Å². The fourth-order valence-electron chi connectivity index (χ4n) is 1.81. The van der Waals surface area contributed by atoms with Crippen molar-refractivity contribution in [2.24, 2.45) is 0 Å². The summed E-state index contributed by atoms with van der Waals surface area (Å²) in [6.07, 6.45) is 1.06. The van der Waals surface area contributed by atoms with Crippen molar-refractivity contribution in [1.82, 2.24) is 10.2 Å². The molecule has 1 aromatic carbocycles. The second-order valence-corrected chi connectivity index (χ2v) is 5.17. The summed E-state index contributed by atoms with van der Waals surface area (Å²) >= 11 is 0. The Bertz CT molecular complexity index is 453. The number of benzene rings is 1. The molecule has 1 amide bonds. The van der Waals surface area contributed by atoms with E-state index >= 15 is 0 Å². The number of halogens is 1. The van der Waals surface area contributed by atoms with Crippen molar-refractivity contribution in [2.75, 3.05) is 25.9 Å². The maximum absolute atomic E-state index is 13.5. The van der Waals surface area contributed by atoms with E-state index in [0.717, 1.165) is 13.0 Å². The summed E-state index contributed by atoms with van der Waals surface area (Å²) in [5.74, 6) is -0.750. The van der Waals surface area contributed by atoms with Gasteiger partial charge in [0, 0.05) is 35.9 Å². The Kier molecular flexibility index (Phi) is 5.95. The summed E-state index contributed by atoms with van der Waals surface area (Å²) in [6.45, 7) is 7.13. The van der Waals surface area contributed by atoms with Crippen LogP contribution in [0.4, 0.5) is 10.1 Å². The number of nitrogens with two attached hydrogens (primary N) is 1. The number of amides is 1. The minimum atomic E-state index is -0.452. The van der Waals surface area contributed by atoms with Gasteiger partial charge in [0.05, 0.1) is 0 Å². The maximum atomic E-state index is 13.5. The average molecular weight is 281 g/mol. The first-order chi connectivity index (χ1) is 9.36. The number of carbonyl (C=O) groups is 1. The summed E-state index contributed by atoms with van der Waals surface area (Å²) in [5, 5.41) is 2.78. The predicted octanol–water partition coefficient (Wildman–Crippen LogP) is 2.18. The topological polar surface area (TPSA) is 58.4 Å². The van der Waals surface area contributed by atoms with Crippen molar-refractivity contribution in [3.63, 3.8) is 0 Å². The summed E-state index contributed by atoms with van der Waals surface area (Å²) in [7, 11) is 2.02. The molecule has 0 aliphatic carbocycles. The number of nitrogens with one attached hydrogen (secondary N) is 1. The van der Waals surface area contributed by atoms with E-state index in [2.05, 4.69) is 24.1 Å². The van der Waals surface area contributed by atoms with Crippen LogP contribution < -0.4 is 11.1 Å². The normalized spacial score (nSPS) is 12.5. The lowest BCUT2D eigenvalue weighted by atomic mass is 10.1. The average Bonchev–Trinajstić information content (AvgIpc) is 2.42. The molecule has 4 nitrogen and oxygen atoms in total. The third-order valence-corrected chi connectivity index (χ3v) is 3.74. The van der Waals surface area contributed by atoms with E-state index in [1.165, 1.54) is 12.1 Å². The van der Waals surface area contributed by atoms with Crippen molar-refractivity contribution in [3.8, 4) is 0 Å². The van der Waals surface area contributed by atoms with Gasteiger partial charge in [-0.3, -0.25) is 4.79 Å². The predicted molar refractivity (Wildman–Crippen MR) is 80.3 cm³/mol. The summed E-state index contributed by atoms with van der Waals surface area (Å²) < 4.78 is 13.5. The van der Waals surface area contributed by atoms with E-state index in [0.29, 0.717) is 23.8 Å². The van der Waals surface area contributed by atoms with Gasteiger partial charge in [-0.2, -0.15) is 0 Å². The number of anilines is 1. The Balaban J connectivity index is 2.56. The van der Waals surface area contributed by atoms with E-state index in [1.54, 1.807) is 6.92 Å². The first-order valence-electron chi connectivity index (χ1n) is 6.90. The molecule has 0 heterocycles. The fraction of sp³-hybridized carbons (Fsp3) is 0.533. The highest BCUT2D eigenvalue weighted by Crippen LogP contribution is 2.17. The number of rotatable bonds is 6. The van der Waals surface area contributed by atoms with Crippen molar-refractivity contribution in [2.45, 2.75) is 33.2 Å². The number of hydrogen-bond acceptors (Lipinski definition) is 3. The van der Waals surface area contributed by atoms with Gasteiger partial charge in [0.15, 0.2) is 0 Å². The van der Waals surface area contributed by atoms with Gasteiger partial charge < -0.3 is 16.0 Å². The molecular formula is C15H24FN3O. The first-order valence-corrected chi connectivity index (χ1v) is 6.90. The molecule has 0 aliphatic rings. The number of nitrogens with zero attached hydrogens (tertiary/aromatic N) is 1. The summed E-state index contributed by atoms with van der Waals surface area (Å²) in [4.78, 5) is 14.1. The molecule has 0 fully saturated rings. The van der Waals surface area contributed by atoms with Crippen LogP contribution in [0.25, 0.3) is 0 Å². The zero-order valence-corrected chi connectivity index (χ0v) is 12.7. The maximum Gasteiger partial charge on any atom is 0.251 e. The van der Waals surface area contributed by atoms with Gasteiger partial charge >= 0.3 is 0 Å². The van der Waals surface area contributed by atoms with Gasteiger partial charge in [0.25, 0.3) is 5.91 Å². The van der Waals surface area contributed by atoms with Crippen LogP contribution in [0.5, 0.6) is 0 Å². The van der Waals surface area contributed by atoms with Crippen molar-refractivity contribution >= 4 is 11.6 Å². The Labute approximate surface area is 120 Å². The third kappa shape index (κ3) is 4.20. The smallest absolute Gasteiger partial charge is 0.251 e. The monoisotopic (exact) mass is 281 g/mol. The molecule has 1 aromatic rings. The molecule has 5 heteroatoms. The highest BCUT2D eigenvalue weighted by Gasteiger charge is 2.11. The number of carbonyl (C=O) groups excluding carboxylic acids is 1. The molecule has 0 bridgehead atoms. The standard InChI is InChI=1S/C15H24FN3O/c1-5-10(2)19(4)7-6-18-15(20)12-8-13(16)11(3)14(17)9-12/h8-10H,5-7,17H2,1-4H3,(H,18,20). The van der Waals surface area contributed by atoms with Crippen LogP contribution in [0.2, 0.25) is 0 Å². The van der Waals surface area contributed by atoms with Crippen LogP contribution in [-0.4, -0.2) is 37.0 Å². The molecule has 20 heavy (non-hydrogen) atoms. The quantitative estimate of drug-likeness (QED) is 0.786. The second-order valence-electron chi connectivity index (χ2n) is 5.17. The molecule has 112 valence electrons. The van der Waals surface area contributed by atoms with Crippen LogP contribution in [-0.2, 0) is 0 Å². The molecule has 3 N–H and O–H groups in total.